The third kappa shape index (κ3) is 6.48. The van der Waals surface area contributed by atoms with Gasteiger partial charge in [0, 0.05) is 5.56 Å². The summed E-state index contributed by atoms with van der Waals surface area (Å²) in [6.07, 6.45) is 2.84. The van der Waals surface area contributed by atoms with Crippen molar-refractivity contribution in [3.8, 4) is 22.5 Å². The maximum atomic E-state index is 13.2. The van der Waals surface area contributed by atoms with E-state index in [0.29, 0.717) is 30.7 Å². The van der Waals surface area contributed by atoms with E-state index in [0.717, 1.165) is 46.2 Å². The highest BCUT2D eigenvalue weighted by molar-refractivity contribution is 7.90. The molecule has 1 saturated carbocycles. The maximum absolute atomic E-state index is 13.2. The minimum atomic E-state index is -3.96. The molecule has 0 saturated heterocycles. The average Bonchev–Trinajstić information content (AvgIpc) is 3.77. The number of aryl methyl sites for hydroxylation is 3. The predicted octanol–water partition coefficient (Wildman–Crippen LogP) is 7.22. The Bertz CT molecular complexity index is 1890. The van der Waals surface area contributed by atoms with Gasteiger partial charge in [-0.15, -0.1) is 0 Å². The van der Waals surface area contributed by atoms with Crippen molar-refractivity contribution >= 4 is 15.9 Å². The quantitative estimate of drug-likeness (QED) is 0.161. The second-order valence-electron chi connectivity index (χ2n) is 11.9. The van der Waals surface area contributed by atoms with Crippen LogP contribution in [0.1, 0.15) is 59.7 Å². The van der Waals surface area contributed by atoms with Gasteiger partial charge in [-0.3, -0.25) is 4.79 Å². The number of rotatable bonds is 11. The Morgan fingerprint density at radius 2 is 1.47 bits per heavy atom. The molecule has 5 aromatic rings. The van der Waals surface area contributed by atoms with Gasteiger partial charge in [0.2, 0.25) is 5.91 Å². The molecule has 1 atom stereocenters. The second kappa shape index (κ2) is 12.5. The Hall–Kier alpha value is -4.53. The Kier molecular flexibility index (Phi) is 8.44. The van der Waals surface area contributed by atoms with Crippen LogP contribution >= 0.6 is 0 Å². The van der Waals surface area contributed by atoms with Crippen LogP contribution in [0.4, 0.5) is 0 Å². The molecule has 0 spiro atoms. The summed E-state index contributed by atoms with van der Waals surface area (Å²) in [4.78, 5) is 13.3. The highest BCUT2D eigenvalue weighted by atomic mass is 32.2. The summed E-state index contributed by atoms with van der Waals surface area (Å²) in [5.74, 6) is 0.0736. The number of carbonyl (C=O) groups excluding carboxylic acids is 1. The van der Waals surface area contributed by atoms with Gasteiger partial charge in [0.1, 0.15) is 0 Å². The van der Waals surface area contributed by atoms with Crippen molar-refractivity contribution in [1.82, 2.24) is 9.88 Å². The molecule has 0 aliphatic heterocycles. The SMILES string of the molecule is Cc1ccc(S(=O)(=O)NC(=O)C2(c3ccc(-c4ccc(-c5onc(C)c5C(O)CCCc5ccccc5)cc4)cc3)CC2)cc1. The van der Waals surface area contributed by atoms with Gasteiger partial charge in [-0.25, -0.2) is 13.1 Å². The number of amides is 1. The Labute approximate surface area is 264 Å². The lowest BCUT2D eigenvalue weighted by molar-refractivity contribution is -0.121. The Balaban J connectivity index is 1.13. The summed E-state index contributed by atoms with van der Waals surface area (Å²) >= 11 is 0. The summed E-state index contributed by atoms with van der Waals surface area (Å²) < 4.78 is 33.6. The van der Waals surface area contributed by atoms with Gasteiger partial charge in [0.25, 0.3) is 10.0 Å². The van der Waals surface area contributed by atoms with E-state index < -0.39 is 27.4 Å². The number of sulfonamides is 1. The topological polar surface area (TPSA) is 110 Å². The third-order valence-electron chi connectivity index (χ3n) is 8.69. The molecular formula is C37H36N2O5S. The van der Waals surface area contributed by atoms with Crippen LogP contribution in [-0.4, -0.2) is 24.6 Å². The van der Waals surface area contributed by atoms with Crippen LogP contribution in [0.3, 0.4) is 0 Å². The summed E-state index contributed by atoms with van der Waals surface area (Å²) in [5.41, 5.74) is 6.31. The van der Waals surface area contributed by atoms with E-state index in [-0.39, 0.29) is 4.90 Å². The zero-order chi connectivity index (χ0) is 31.6. The van der Waals surface area contributed by atoms with Gasteiger partial charge in [-0.05, 0) is 80.3 Å². The van der Waals surface area contributed by atoms with Crippen LogP contribution < -0.4 is 4.72 Å². The fraction of sp³-hybridized carbons (Fsp3) is 0.243. The molecular weight excluding hydrogens is 584 g/mol. The normalized spacial score (nSPS) is 14.6. The smallest absolute Gasteiger partial charge is 0.264 e. The maximum Gasteiger partial charge on any atom is 0.264 e. The first kappa shape index (κ1) is 30.5. The number of nitrogens with zero attached hydrogens (tertiary/aromatic N) is 1. The molecule has 0 bridgehead atoms. The van der Waals surface area contributed by atoms with Gasteiger partial charge < -0.3 is 9.63 Å². The van der Waals surface area contributed by atoms with Gasteiger partial charge in [-0.2, -0.15) is 0 Å². The number of carbonyl (C=O) groups is 1. The van der Waals surface area contributed by atoms with Gasteiger partial charge in [-0.1, -0.05) is 102 Å². The molecule has 1 amide bonds. The van der Waals surface area contributed by atoms with E-state index in [2.05, 4.69) is 22.0 Å². The molecule has 2 N–H and O–H groups in total. The fourth-order valence-electron chi connectivity index (χ4n) is 5.83. The summed E-state index contributed by atoms with van der Waals surface area (Å²) in [5, 5.41) is 15.2. The molecule has 1 fully saturated rings. The first-order valence-corrected chi connectivity index (χ1v) is 16.7. The van der Waals surface area contributed by atoms with Crippen LogP contribution in [-0.2, 0) is 26.7 Å². The van der Waals surface area contributed by atoms with Crippen LogP contribution in [0.25, 0.3) is 22.5 Å². The summed E-state index contributed by atoms with van der Waals surface area (Å²) in [7, 11) is -3.96. The lowest BCUT2D eigenvalue weighted by atomic mass is 9.92. The van der Waals surface area contributed by atoms with Crippen LogP contribution in [0.15, 0.2) is 113 Å². The zero-order valence-corrected chi connectivity index (χ0v) is 26.2. The van der Waals surface area contributed by atoms with Crippen LogP contribution in [0, 0.1) is 13.8 Å². The molecule has 4 aromatic carbocycles. The van der Waals surface area contributed by atoms with Crippen molar-refractivity contribution in [2.45, 2.75) is 62.4 Å². The number of hydrogen-bond donors (Lipinski definition) is 2. The van der Waals surface area contributed by atoms with Crippen molar-refractivity contribution in [1.29, 1.82) is 0 Å². The molecule has 45 heavy (non-hydrogen) atoms. The van der Waals surface area contributed by atoms with Crippen molar-refractivity contribution in [3.63, 3.8) is 0 Å². The van der Waals surface area contributed by atoms with Crippen molar-refractivity contribution in [2.24, 2.45) is 0 Å². The predicted molar refractivity (Wildman–Crippen MR) is 174 cm³/mol. The van der Waals surface area contributed by atoms with Gasteiger partial charge in [0.05, 0.1) is 27.7 Å². The lowest BCUT2D eigenvalue weighted by Gasteiger charge is -2.17. The monoisotopic (exact) mass is 620 g/mol. The molecule has 230 valence electrons. The van der Waals surface area contributed by atoms with E-state index >= 15 is 0 Å². The van der Waals surface area contributed by atoms with Crippen LogP contribution in [0.2, 0.25) is 0 Å². The van der Waals surface area contributed by atoms with Crippen LogP contribution in [0.5, 0.6) is 0 Å². The van der Waals surface area contributed by atoms with E-state index in [1.165, 1.54) is 17.7 Å². The third-order valence-corrected chi connectivity index (χ3v) is 10.0. The highest BCUT2D eigenvalue weighted by Crippen LogP contribution is 2.49. The Morgan fingerprint density at radius 1 is 0.867 bits per heavy atom. The number of benzene rings is 4. The minimum absolute atomic E-state index is 0.0706. The molecule has 1 aromatic heterocycles. The van der Waals surface area contributed by atoms with E-state index in [9.17, 15) is 18.3 Å². The zero-order valence-electron chi connectivity index (χ0n) is 25.4. The van der Waals surface area contributed by atoms with Crippen molar-refractivity contribution in [3.05, 3.63) is 131 Å². The van der Waals surface area contributed by atoms with Crippen molar-refractivity contribution in [2.75, 3.05) is 0 Å². The van der Waals surface area contributed by atoms with E-state index in [1.807, 2.05) is 80.6 Å². The summed E-state index contributed by atoms with van der Waals surface area (Å²) in [6.45, 7) is 3.73. The summed E-state index contributed by atoms with van der Waals surface area (Å²) in [6, 6.07) is 32.3. The molecule has 1 unspecified atom stereocenters. The van der Waals surface area contributed by atoms with Gasteiger partial charge >= 0.3 is 0 Å². The number of nitrogens with one attached hydrogen (secondary N) is 1. The number of aliphatic hydroxyl groups excluding tert-OH is 1. The molecule has 7 nitrogen and oxygen atoms in total. The van der Waals surface area contributed by atoms with Gasteiger partial charge in [0.15, 0.2) is 5.76 Å². The standard InChI is InChI=1S/C37H36N2O5S/c1-25-11-21-32(22-12-25)45(42,43)39-36(41)37(23-24-37)31-19-17-29(18-20-31)28-13-15-30(16-14-28)35-34(26(2)38-44-35)33(40)10-6-9-27-7-4-3-5-8-27/h3-5,7-8,11-22,33,40H,6,9-10,23-24H2,1-2H3,(H,39,41). The fourth-order valence-corrected chi connectivity index (χ4v) is 6.88. The van der Waals surface area contributed by atoms with Crippen molar-refractivity contribution < 1.29 is 22.8 Å². The first-order chi connectivity index (χ1) is 21.7. The lowest BCUT2D eigenvalue weighted by Crippen LogP contribution is -2.38. The largest absolute Gasteiger partial charge is 0.388 e. The average molecular weight is 621 g/mol. The molecule has 1 heterocycles. The first-order valence-electron chi connectivity index (χ1n) is 15.2. The molecule has 1 aliphatic carbocycles. The molecule has 8 heteroatoms. The number of hydrogen-bond acceptors (Lipinski definition) is 6. The van der Waals surface area contributed by atoms with E-state index in [4.69, 9.17) is 4.52 Å². The minimum Gasteiger partial charge on any atom is -0.388 e. The number of aliphatic hydroxyl groups is 1. The second-order valence-corrected chi connectivity index (χ2v) is 13.6. The molecule has 1 aliphatic rings. The van der Waals surface area contributed by atoms with E-state index in [1.54, 1.807) is 12.1 Å². The Morgan fingerprint density at radius 3 is 2.09 bits per heavy atom. The number of aromatic nitrogens is 1. The highest BCUT2D eigenvalue weighted by Gasteiger charge is 2.52. The molecule has 6 rings (SSSR count). The molecule has 0 radical (unpaired) electrons.